The molecule has 6 nitrogen and oxygen atoms in total. The van der Waals surface area contributed by atoms with Crippen LogP contribution in [0.25, 0.3) is 0 Å². The largest absolute Gasteiger partial charge is 0.339 e. The molecule has 3 saturated heterocycles. The van der Waals surface area contributed by atoms with Crippen LogP contribution in [-0.2, 0) is 17.1 Å². The van der Waals surface area contributed by atoms with Gasteiger partial charge in [-0.05, 0) is 31.7 Å². The van der Waals surface area contributed by atoms with E-state index < -0.39 is 10.0 Å². The highest BCUT2D eigenvalue weighted by Crippen LogP contribution is 2.30. The van der Waals surface area contributed by atoms with E-state index >= 15 is 0 Å². The smallest absolute Gasteiger partial charge is 0.262 e. The molecule has 3 fully saturated rings. The van der Waals surface area contributed by atoms with E-state index in [0.29, 0.717) is 25.0 Å². The maximum Gasteiger partial charge on any atom is 0.262 e. The highest BCUT2D eigenvalue weighted by Gasteiger charge is 2.39. The van der Waals surface area contributed by atoms with E-state index in [2.05, 4.69) is 16.8 Å². The molecule has 0 amide bonds. The van der Waals surface area contributed by atoms with E-state index in [0.717, 1.165) is 32.4 Å². The Balaban J connectivity index is 1.84. The first-order chi connectivity index (χ1) is 10.0. The van der Waals surface area contributed by atoms with Crippen molar-refractivity contribution < 1.29 is 8.42 Å². The summed E-state index contributed by atoms with van der Waals surface area (Å²) in [6.45, 7) is 5.53. The average Bonchev–Trinajstić information content (AvgIpc) is 2.69. The van der Waals surface area contributed by atoms with Crippen molar-refractivity contribution in [1.29, 1.82) is 0 Å². The molecule has 118 valence electrons. The van der Waals surface area contributed by atoms with Crippen LogP contribution < -0.4 is 0 Å². The van der Waals surface area contributed by atoms with Gasteiger partial charge in [-0.2, -0.15) is 4.31 Å². The van der Waals surface area contributed by atoms with Gasteiger partial charge in [0.25, 0.3) is 10.0 Å². The average molecular weight is 312 g/mol. The number of hydrogen-bond donors (Lipinski definition) is 0. The number of nitrogens with zero attached hydrogens (tertiary/aromatic N) is 4. The molecular formula is C14H24N4O2S. The van der Waals surface area contributed by atoms with Crippen molar-refractivity contribution in [3.8, 4) is 0 Å². The summed E-state index contributed by atoms with van der Waals surface area (Å²) in [6.07, 6.45) is 6.50. The van der Waals surface area contributed by atoms with E-state index in [1.807, 2.05) is 0 Å². The molecule has 2 bridgehead atoms. The van der Waals surface area contributed by atoms with Crippen LogP contribution in [0.5, 0.6) is 0 Å². The summed E-state index contributed by atoms with van der Waals surface area (Å²) in [5.74, 6) is 0.453. The van der Waals surface area contributed by atoms with Crippen LogP contribution in [0.4, 0.5) is 0 Å². The van der Waals surface area contributed by atoms with Gasteiger partial charge in [0.1, 0.15) is 0 Å². The topological polar surface area (TPSA) is 58.4 Å². The Bertz CT molecular complexity index is 598. The normalized spacial score (nSPS) is 27.9. The van der Waals surface area contributed by atoms with Gasteiger partial charge in [-0.3, -0.25) is 4.90 Å². The van der Waals surface area contributed by atoms with Crippen LogP contribution in [-0.4, -0.2) is 59.4 Å². The monoisotopic (exact) mass is 312 g/mol. The summed E-state index contributed by atoms with van der Waals surface area (Å²) in [4.78, 5) is 6.51. The second-order valence-electron chi connectivity index (χ2n) is 6.29. The number of piperidine rings is 1. The van der Waals surface area contributed by atoms with E-state index in [9.17, 15) is 8.42 Å². The molecule has 0 spiro atoms. The van der Waals surface area contributed by atoms with Gasteiger partial charge in [-0.25, -0.2) is 13.4 Å². The zero-order valence-corrected chi connectivity index (χ0v) is 13.6. The fraction of sp³-hybridized carbons (Fsp3) is 0.786. The van der Waals surface area contributed by atoms with Crippen molar-refractivity contribution >= 4 is 10.0 Å². The van der Waals surface area contributed by atoms with Gasteiger partial charge in [0.05, 0.1) is 6.33 Å². The van der Waals surface area contributed by atoms with E-state index in [4.69, 9.17) is 0 Å². The zero-order valence-electron chi connectivity index (χ0n) is 12.8. The van der Waals surface area contributed by atoms with Crippen LogP contribution in [0.2, 0.25) is 0 Å². The minimum absolute atomic E-state index is 0.174. The Labute approximate surface area is 126 Å². The second kappa shape index (κ2) is 5.70. The molecule has 4 rings (SSSR count). The number of sulfonamides is 1. The van der Waals surface area contributed by atoms with Gasteiger partial charge in [-0.15, -0.1) is 0 Å². The van der Waals surface area contributed by atoms with E-state index in [1.165, 1.54) is 0 Å². The third-order valence-electron chi connectivity index (χ3n) is 4.59. The molecule has 7 heteroatoms. The van der Waals surface area contributed by atoms with Crippen LogP contribution >= 0.6 is 0 Å². The van der Waals surface area contributed by atoms with Gasteiger partial charge < -0.3 is 4.57 Å². The van der Waals surface area contributed by atoms with Crippen molar-refractivity contribution in [2.24, 2.45) is 13.0 Å². The summed E-state index contributed by atoms with van der Waals surface area (Å²) in [5, 5.41) is 0.174. The van der Waals surface area contributed by atoms with Crippen LogP contribution in [0.1, 0.15) is 26.2 Å². The Morgan fingerprint density at radius 1 is 1.29 bits per heavy atom. The van der Waals surface area contributed by atoms with Crippen molar-refractivity contribution in [3.05, 3.63) is 12.5 Å². The van der Waals surface area contributed by atoms with Crippen molar-refractivity contribution in [1.82, 2.24) is 18.8 Å². The first-order valence-corrected chi connectivity index (χ1v) is 9.17. The summed E-state index contributed by atoms with van der Waals surface area (Å²) in [6, 6.07) is 0.363. The van der Waals surface area contributed by atoms with Gasteiger partial charge in [0.15, 0.2) is 5.03 Å². The third-order valence-corrected chi connectivity index (χ3v) is 6.31. The highest BCUT2D eigenvalue weighted by molar-refractivity contribution is 7.89. The summed E-state index contributed by atoms with van der Waals surface area (Å²) in [7, 11) is -1.66. The zero-order chi connectivity index (χ0) is 15.0. The molecule has 0 aromatic carbocycles. The molecule has 0 aliphatic carbocycles. The van der Waals surface area contributed by atoms with Crippen LogP contribution in [0.3, 0.4) is 0 Å². The maximum atomic E-state index is 12.8. The Morgan fingerprint density at radius 2 is 2.10 bits per heavy atom. The van der Waals surface area contributed by atoms with E-state index in [-0.39, 0.29) is 5.03 Å². The quantitative estimate of drug-likeness (QED) is 0.829. The molecule has 2 atom stereocenters. The van der Waals surface area contributed by atoms with Gasteiger partial charge in [0, 0.05) is 38.9 Å². The summed E-state index contributed by atoms with van der Waals surface area (Å²) < 4.78 is 28.9. The highest BCUT2D eigenvalue weighted by atomic mass is 32.2. The third kappa shape index (κ3) is 2.86. The SMILES string of the molecule is CCCN1C[C@@H]2CC[C@H]1CN(S(=O)(=O)c1cn(C)cn1)C2. The fourth-order valence-electron chi connectivity index (χ4n) is 3.55. The molecule has 1 aromatic heterocycles. The number of aryl methyl sites for hydroxylation is 1. The Kier molecular flexibility index (Phi) is 4.07. The Morgan fingerprint density at radius 3 is 2.76 bits per heavy atom. The number of hydrogen-bond acceptors (Lipinski definition) is 4. The van der Waals surface area contributed by atoms with Gasteiger partial charge >= 0.3 is 0 Å². The number of aromatic nitrogens is 2. The number of rotatable bonds is 4. The van der Waals surface area contributed by atoms with Gasteiger partial charge in [-0.1, -0.05) is 6.92 Å². The minimum Gasteiger partial charge on any atom is -0.339 e. The molecule has 3 aliphatic rings. The lowest BCUT2D eigenvalue weighted by Crippen LogP contribution is -2.44. The lowest BCUT2D eigenvalue weighted by atomic mass is 9.95. The molecule has 3 aliphatic heterocycles. The maximum absolute atomic E-state index is 12.8. The van der Waals surface area contributed by atoms with Crippen molar-refractivity contribution in [3.63, 3.8) is 0 Å². The number of imidazole rings is 1. The standard InChI is InChI=1S/C14H24N4O2S/c1-3-6-17-7-12-4-5-13(17)9-18(8-12)21(19,20)14-10-16(2)11-15-14/h10-13H,3-9H2,1-2H3/t12-,13-/m0/s1. The minimum atomic E-state index is -3.45. The predicted molar refractivity (Wildman–Crippen MR) is 80.3 cm³/mol. The second-order valence-corrected chi connectivity index (χ2v) is 8.18. The first kappa shape index (κ1) is 15.0. The van der Waals surface area contributed by atoms with Crippen LogP contribution in [0.15, 0.2) is 17.6 Å². The molecule has 4 heterocycles. The van der Waals surface area contributed by atoms with Gasteiger partial charge in [0.2, 0.25) is 0 Å². The van der Waals surface area contributed by atoms with E-state index in [1.54, 1.807) is 28.4 Å². The fourth-order valence-corrected chi connectivity index (χ4v) is 5.07. The van der Waals surface area contributed by atoms with Crippen molar-refractivity contribution in [2.45, 2.75) is 37.3 Å². The first-order valence-electron chi connectivity index (χ1n) is 7.73. The lowest BCUT2D eigenvalue weighted by Gasteiger charge is -2.35. The molecule has 0 N–H and O–H groups in total. The Hall–Kier alpha value is -0.920. The van der Waals surface area contributed by atoms with Crippen molar-refractivity contribution in [2.75, 3.05) is 26.2 Å². The molecular weight excluding hydrogens is 288 g/mol. The summed E-state index contributed by atoms with van der Waals surface area (Å²) >= 11 is 0. The molecule has 0 saturated carbocycles. The van der Waals surface area contributed by atoms with Crippen LogP contribution in [0, 0.1) is 5.92 Å². The number of fused-ring (bicyclic) bond motifs is 4. The molecule has 0 unspecified atom stereocenters. The lowest BCUT2D eigenvalue weighted by molar-refractivity contribution is 0.133. The summed E-state index contributed by atoms with van der Waals surface area (Å²) in [5.41, 5.74) is 0. The molecule has 1 aromatic rings. The molecule has 21 heavy (non-hydrogen) atoms. The molecule has 0 radical (unpaired) electrons. The predicted octanol–water partition coefficient (Wildman–Crippen LogP) is 0.915.